The number of rotatable bonds is 5. The Hall–Kier alpha value is -4.39. The lowest BCUT2D eigenvalue weighted by Gasteiger charge is -2.35. The summed E-state index contributed by atoms with van der Waals surface area (Å²) < 4.78 is 11.2. The lowest BCUT2D eigenvalue weighted by molar-refractivity contribution is 0.244. The first-order valence-corrected chi connectivity index (χ1v) is 11.0. The topological polar surface area (TPSA) is 80.5 Å². The second kappa shape index (κ2) is 8.86. The van der Waals surface area contributed by atoms with Crippen molar-refractivity contribution in [3.05, 3.63) is 102 Å². The molecule has 1 N–H and O–H groups in total. The van der Waals surface area contributed by atoms with E-state index < -0.39 is 6.04 Å². The molecule has 7 heteroatoms. The molecule has 5 rings (SSSR count). The van der Waals surface area contributed by atoms with Crippen LogP contribution in [0.5, 0.6) is 5.75 Å². The molecule has 0 bridgehead atoms. The Kier molecular flexibility index (Phi) is 5.59. The number of nitrogens with one attached hydrogen (secondary N) is 1. The molecule has 0 radical (unpaired) electrons. The number of carbonyl (C=O) groups is 1. The largest absolute Gasteiger partial charge is 0.497 e. The number of carbonyl (C=O) groups excluding carboxylic acids is 1. The number of para-hydroxylation sites is 1. The molecule has 4 aromatic rings. The Morgan fingerprint density at radius 1 is 0.971 bits per heavy atom. The van der Waals surface area contributed by atoms with Gasteiger partial charge in [0.1, 0.15) is 5.75 Å². The summed E-state index contributed by atoms with van der Waals surface area (Å²) in [4.78, 5) is 19.6. The van der Waals surface area contributed by atoms with Crippen LogP contribution in [0.25, 0.3) is 17.0 Å². The van der Waals surface area contributed by atoms with E-state index in [-0.39, 0.29) is 6.03 Å². The van der Waals surface area contributed by atoms with E-state index in [1.165, 1.54) is 0 Å². The average Bonchev–Trinajstić information content (AvgIpc) is 3.34. The Bertz CT molecular complexity index is 1360. The van der Waals surface area contributed by atoms with Crippen molar-refractivity contribution in [2.75, 3.05) is 12.0 Å². The summed E-state index contributed by atoms with van der Waals surface area (Å²) in [5.41, 5.74) is 5.04. The number of allylic oxidation sites excluding steroid dienone is 1. The fraction of sp³-hybridized carbons (Fsp3) is 0.148. The van der Waals surface area contributed by atoms with Crippen molar-refractivity contribution in [1.82, 2.24) is 15.5 Å². The van der Waals surface area contributed by atoms with E-state index in [1.807, 2.05) is 92.7 Å². The van der Waals surface area contributed by atoms with Crippen molar-refractivity contribution < 1.29 is 14.1 Å². The highest BCUT2D eigenvalue weighted by Gasteiger charge is 2.36. The van der Waals surface area contributed by atoms with Gasteiger partial charge in [-0.3, -0.25) is 4.90 Å². The molecule has 3 aromatic carbocycles. The van der Waals surface area contributed by atoms with Crippen LogP contribution >= 0.6 is 0 Å². The SMILES string of the molecule is COc1cccc(C2NC(=O)N(c3ccccc3)C(C)=C2c2nc(-c3ccc(C)cc3)no2)c1. The van der Waals surface area contributed by atoms with Gasteiger partial charge in [0, 0.05) is 11.3 Å². The molecule has 0 aliphatic carbocycles. The zero-order valence-corrected chi connectivity index (χ0v) is 19.1. The predicted octanol–water partition coefficient (Wildman–Crippen LogP) is 5.76. The van der Waals surface area contributed by atoms with Gasteiger partial charge in [-0.05, 0) is 43.7 Å². The minimum absolute atomic E-state index is 0.237. The minimum atomic E-state index is -0.492. The summed E-state index contributed by atoms with van der Waals surface area (Å²) in [6, 6.07) is 24.3. The van der Waals surface area contributed by atoms with Crippen molar-refractivity contribution in [2.24, 2.45) is 0 Å². The number of methoxy groups -OCH3 is 1. The molecule has 7 nitrogen and oxygen atoms in total. The van der Waals surface area contributed by atoms with Gasteiger partial charge in [0.25, 0.3) is 5.89 Å². The average molecular weight is 453 g/mol. The van der Waals surface area contributed by atoms with Gasteiger partial charge in [-0.1, -0.05) is 65.3 Å². The second-order valence-electron chi connectivity index (χ2n) is 8.12. The Morgan fingerprint density at radius 3 is 2.47 bits per heavy atom. The fourth-order valence-electron chi connectivity index (χ4n) is 4.13. The number of hydrogen-bond acceptors (Lipinski definition) is 5. The van der Waals surface area contributed by atoms with Crippen LogP contribution in [0.3, 0.4) is 0 Å². The third kappa shape index (κ3) is 3.92. The van der Waals surface area contributed by atoms with Gasteiger partial charge >= 0.3 is 6.03 Å². The highest BCUT2D eigenvalue weighted by Crippen LogP contribution is 2.39. The van der Waals surface area contributed by atoms with Crippen LogP contribution in [0.4, 0.5) is 10.5 Å². The molecule has 2 amide bonds. The molecule has 1 aromatic heterocycles. The Labute approximate surface area is 197 Å². The van der Waals surface area contributed by atoms with Gasteiger partial charge in [-0.2, -0.15) is 4.98 Å². The van der Waals surface area contributed by atoms with E-state index in [9.17, 15) is 4.79 Å². The number of benzene rings is 3. The van der Waals surface area contributed by atoms with Crippen molar-refractivity contribution in [1.29, 1.82) is 0 Å². The first kappa shape index (κ1) is 21.5. The standard InChI is InChI=1S/C27H24N4O3/c1-17-12-14-19(15-13-17)25-29-26(34-30-25)23-18(2)31(21-9-5-4-6-10-21)27(32)28-24(23)20-8-7-11-22(16-20)33-3/h4-16,24H,1-3H3,(H,28,32). The molecule has 1 aliphatic heterocycles. The molecular formula is C27H24N4O3. The minimum Gasteiger partial charge on any atom is -0.497 e. The third-order valence-corrected chi connectivity index (χ3v) is 5.89. The second-order valence-corrected chi connectivity index (χ2v) is 8.12. The number of aromatic nitrogens is 2. The summed E-state index contributed by atoms with van der Waals surface area (Å²) in [7, 11) is 1.61. The van der Waals surface area contributed by atoms with Crippen molar-refractivity contribution in [3.8, 4) is 17.1 Å². The first-order valence-electron chi connectivity index (χ1n) is 11.0. The van der Waals surface area contributed by atoms with Gasteiger partial charge < -0.3 is 14.6 Å². The molecule has 1 unspecified atom stereocenters. The molecule has 0 saturated heterocycles. The molecule has 0 saturated carbocycles. The maximum atomic E-state index is 13.3. The summed E-state index contributed by atoms with van der Waals surface area (Å²) in [5.74, 6) is 1.53. The molecule has 34 heavy (non-hydrogen) atoms. The molecule has 2 heterocycles. The highest BCUT2D eigenvalue weighted by atomic mass is 16.5. The Balaban J connectivity index is 1.65. The maximum Gasteiger partial charge on any atom is 0.326 e. The van der Waals surface area contributed by atoms with Gasteiger partial charge in [0.15, 0.2) is 0 Å². The molecular weight excluding hydrogens is 428 g/mol. The van der Waals surface area contributed by atoms with E-state index in [0.29, 0.717) is 23.2 Å². The van der Waals surface area contributed by atoms with E-state index in [4.69, 9.17) is 14.2 Å². The molecule has 0 fully saturated rings. The van der Waals surface area contributed by atoms with Crippen LogP contribution in [0, 0.1) is 6.92 Å². The number of amides is 2. The lowest BCUT2D eigenvalue weighted by Crippen LogP contribution is -2.46. The van der Waals surface area contributed by atoms with Gasteiger partial charge in [-0.15, -0.1) is 0 Å². The van der Waals surface area contributed by atoms with Crippen molar-refractivity contribution in [3.63, 3.8) is 0 Å². The normalized spacial score (nSPS) is 15.9. The number of ether oxygens (including phenoxy) is 1. The van der Waals surface area contributed by atoms with Crippen LogP contribution in [-0.2, 0) is 0 Å². The van der Waals surface area contributed by atoms with Crippen LogP contribution in [0.2, 0.25) is 0 Å². The number of hydrogen-bond donors (Lipinski definition) is 1. The number of anilines is 1. The maximum absolute atomic E-state index is 13.3. The monoisotopic (exact) mass is 452 g/mol. The van der Waals surface area contributed by atoms with Gasteiger partial charge in [-0.25, -0.2) is 4.79 Å². The van der Waals surface area contributed by atoms with Crippen molar-refractivity contribution in [2.45, 2.75) is 19.9 Å². The smallest absolute Gasteiger partial charge is 0.326 e. The Morgan fingerprint density at radius 2 is 1.74 bits per heavy atom. The zero-order valence-electron chi connectivity index (χ0n) is 19.1. The highest BCUT2D eigenvalue weighted by molar-refractivity contribution is 6.01. The van der Waals surface area contributed by atoms with E-state index >= 15 is 0 Å². The third-order valence-electron chi connectivity index (χ3n) is 5.89. The number of nitrogens with zero attached hydrogens (tertiary/aromatic N) is 3. The zero-order chi connectivity index (χ0) is 23.7. The lowest BCUT2D eigenvalue weighted by atomic mass is 9.94. The number of urea groups is 1. The van der Waals surface area contributed by atoms with E-state index in [0.717, 1.165) is 28.0 Å². The summed E-state index contributed by atoms with van der Waals surface area (Å²) in [5, 5.41) is 7.34. The molecule has 170 valence electrons. The van der Waals surface area contributed by atoms with E-state index in [2.05, 4.69) is 10.5 Å². The van der Waals surface area contributed by atoms with Crippen LogP contribution in [0.15, 0.2) is 89.1 Å². The summed E-state index contributed by atoms with van der Waals surface area (Å²) in [6.07, 6.45) is 0. The summed E-state index contributed by atoms with van der Waals surface area (Å²) >= 11 is 0. The fourth-order valence-corrected chi connectivity index (χ4v) is 4.13. The van der Waals surface area contributed by atoms with Crippen LogP contribution in [-0.4, -0.2) is 23.3 Å². The number of aryl methyl sites for hydroxylation is 1. The summed E-state index contributed by atoms with van der Waals surface area (Å²) in [6.45, 7) is 3.92. The molecule has 0 spiro atoms. The van der Waals surface area contributed by atoms with Crippen LogP contribution in [0.1, 0.15) is 30.0 Å². The quantitative estimate of drug-likeness (QED) is 0.417. The van der Waals surface area contributed by atoms with Gasteiger partial charge in [0.2, 0.25) is 5.82 Å². The predicted molar refractivity (Wildman–Crippen MR) is 130 cm³/mol. The van der Waals surface area contributed by atoms with Crippen LogP contribution < -0.4 is 15.0 Å². The molecule has 1 atom stereocenters. The van der Waals surface area contributed by atoms with Crippen molar-refractivity contribution >= 4 is 17.3 Å². The molecule has 1 aliphatic rings. The van der Waals surface area contributed by atoms with Gasteiger partial charge in [0.05, 0.1) is 24.4 Å². The first-order chi connectivity index (χ1) is 16.5. The van der Waals surface area contributed by atoms with E-state index in [1.54, 1.807) is 12.0 Å².